The van der Waals surface area contributed by atoms with Gasteiger partial charge in [0.2, 0.25) is 0 Å². The molecule has 0 bridgehead atoms. The number of aryl methyl sites for hydroxylation is 1. The van der Waals surface area contributed by atoms with Crippen LogP contribution in [0.4, 0.5) is 8.78 Å². The molecule has 1 atom stereocenters. The topological polar surface area (TPSA) is 57.6 Å². The number of carbonyl (C=O) groups excluding carboxylic acids is 2. The zero-order chi connectivity index (χ0) is 22.7. The molecule has 0 aliphatic carbocycles. The highest BCUT2D eigenvalue weighted by Gasteiger charge is 2.44. The van der Waals surface area contributed by atoms with Crippen molar-refractivity contribution in [2.24, 2.45) is 0 Å². The zero-order valence-corrected chi connectivity index (χ0v) is 17.2. The molecule has 1 unspecified atom stereocenters. The van der Waals surface area contributed by atoms with Gasteiger partial charge in [0.1, 0.15) is 11.6 Å². The highest BCUT2D eigenvalue weighted by atomic mass is 19.1. The standard InChI is InChI=1S/C26H21F2NO3/c27-19-13-10-18(11-14-19)16-29-24(20-8-4-5-9-21(20)28)23(25(31)26(29)32)22(30)15-12-17-6-2-1-3-7-17/h1-11,13-14,24,31H,12,15-16H2. The number of hydrogen-bond donors (Lipinski definition) is 1. The van der Waals surface area contributed by atoms with E-state index in [0.717, 1.165) is 5.56 Å². The SMILES string of the molecule is O=C(CCc1ccccc1)C1=C(O)C(=O)N(Cc2ccc(F)cc2)C1c1ccccc1F. The lowest BCUT2D eigenvalue weighted by molar-refractivity contribution is -0.130. The highest BCUT2D eigenvalue weighted by molar-refractivity contribution is 6.09. The number of nitrogens with zero attached hydrogens (tertiary/aromatic N) is 1. The van der Waals surface area contributed by atoms with Crippen LogP contribution in [0, 0.1) is 11.6 Å². The second-order valence-electron chi connectivity index (χ2n) is 7.65. The molecule has 0 radical (unpaired) electrons. The minimum atomic E-state index is -1.07. The fourth-order valence-corrected chi connectivity index (χ4v) is 3.95. The molecule has 4 rings (SSSR count). The summed E-state index contributed by atoms with van der Waals surface area (Å²) < 4.78 is 28.0. The molecule has 1 amide bonds. The first-order valence-electron chi connectivity index (χ1n) is 10.3. The van der Waals surface area contributed by atoms with Crippen LogP contribution in [0.1, 0.15) is 29.2 Å². The Morgan fingerprint density at radius 2 is 1.53 bits per heavy atom. The number of benzene rings is 3. The first-order chi connectivity index (χ1) is 15.5. The van der Waals surface area contributed by atoms with Gasteiger partial charge in [0.25, 0.3) is 5.91 Å². The third-order valence-corrected chi connectivity index (χ3v) is 5.55. The van der Waals surface area contributed by atoms with Gasteiger partial charge in [-0.2, -0.15) is 0 Å². The molecule has 1 heterocycles. The first kappa shape index (κ1) is 21.4. The zero-order valence-electron chi connectivity index (χ0n) is 17.2. The molecule has 0 saturated heterocycles. The van der Waals surface area contributed by atoms with E-state index in [-0.39, 0.29) is 24.1 Å². The lowest BCUT2D eigenvalue weighted by Gasteiger charge is -2.27. The maximum absolute atomic E-state index is 14.7. The Hall–Kier alpha value is -3.80. The predicted molar refractivity (Wildman–Crippen MR) is 116 cm³/mol. The van der Waals surface area contributed by atoms with Crippen molar-refractivity contribution in [3.63, 3.8) is 0 Å². The molecule has 0 fully saturated rings. The second-order valence-corrected chi connectivity index (χ2v) is 7.65. The molecule has 1 N–H and O–H groups in total. The fraction of sp³-hybridized carbons (Fsp3) is 0.154. The van der Waals surface area contributed by atoms with Gasteiger partial charge in [0, 0.05) is 18.5 Å². The minimum Gasteiger partial charge on any atom is -0.503 e. The van der Waals surface area contributed by atoms with E-state index in [1.807, 2.05) is 30.3 Å². The maximum Gasteiger partial charge on any atom is 0.290 e. The van der Waals surface area contributed by atoms with Crippen molar-refractivity contribution in [3.05, 3.63) is 119 Å². The number of halogens is 2. The van der Waals surface area contributed by atoms with E-state index in [0.29, 0.717) is 12.0 Å². The Balaban J connectivity index is 1.68. The van der Waals surface area contributed by atoms with Gasteiger partial charge in [-0.3, -0.25) is 9.59 Å². The lowest BCUT2D eigenvalue weighted by Crippen LogP contribution is -2.31. The molecule has 0 spiro atoms. The van der Waals surface area contributed by atoms with Crippen molar-refractivity contribution in [1.29, 1.82) is 0 Å². The maximum atomic E-state index is 14.7. The second kappa shape index (κ2) is 9.14. The largest absolute Gasteiger partial charge is 0.503 e. The Kier molecular flexibility index (Phi) is 6.12. The number of hydrogen-bond acceptors (Lipinski definition) is 3. The molecule has 3 aromatic rings. The summed E-state index contributed by atoms with van der Waals surface area (Å²) in [5.41, 5.74) is 1.54. The molecule has 32 heavy (non-hydrogen) atoms. The van der Waals surface area contributed by atoms with Gasteiger partial charge >= 0.3 is 0 Å². The Labute approximate surface area is 184 Å². The number of Topliss-reactive ketones (excluding diaryl/α,β-unsaturated/α-hetero) is 1. The summed E-state index contributed by atoms with van der Waals surface area (Å²) in [7, 11) is 0. The van der Waals surface area contributed by atoms with E-state index >= 15 is 0 Å². The van der Waals surface area contributed by atoms with E-state index in [1.165, 1.54) is 47.4 Å². The Morgan fingerprint density at radius 1 is 0.875 bits per heavy atom. The Morgan fingerprint density at radius 3 is 2.22 bits per heavy atom. The van der Waals surface area contributed by atoms with Crippen molar-refractivity contribution in [2.45, 2.75) is 25.4 Å². The van der Waals surface area contributed by atoms with Crippen LogP contribution in [0.2, 0.25) is 0 Å². The summed E-state index contributed by atoms with van der Waals surface area (Å²) in [6.45, 7) is -0.0162. The number of aliphatic hydroxyl groups is 1. The molecule has 162 valence electrons. The van der Waals surface area contributed by atoms with Gasteiger partial charge in [-0.05, 0) is 35.7 Å². The summed E-state index contributed by atoms with van der Waals surface area (Å²) in [5.74, 6) is -2.86. The number of amides is 1. The van der Waals surface area contributed by atoms with Crippen LogP contribution in [0.15, 0.2) is 90.2 Å². The summed E-state index contributed by atoms with van der Waals surface area (Å²) in [4.78, 5) is 27.3. The van der Waals surface area contributed by atoms with Gasteiger partial charge in [0.15, 0.2) is 11.5 Å². The van der Waals surface area contributed by atoms with Crippen molar-refractivity contribution in [1.82, 2.24) is 4.90 Å². The highest BCUT2D eigenvalue weighted by Crippen LogP contribution is 2.40. The van der Waals surface area contributed by atoms with Gasteiger partial charge in [-0.15, -0.1) is 0 Å². The van der Waals surface area contributed by atoms with E-state index in [9.17, 15) is 23.5 Å². The normalized spacial score (nSPS) is 16.0. The van der Waals surface area contributed by atoms with Crippen LogP contribution < -0.4 is 0 Å². The van der Waals surface area contributed by atoms with Crippen LogP contribution in [-0.4, -0.2) is 21.7 Å². The average Bonchev–Trinajstić information content (AvgIpc) is 3.05. The third kappa shape index (κ3) is 4.30. The van der Waals surface area contributed by atoms with Gasteiger partial charge in [0.05, 0.1) is 11.6 Å². The fourth-order valence-electron chi connectivity index (χ4n) is 3.95. The van der Waals surface area contributed by atoms with Crippen molar-refractivity contribution in [3.8, 4) is 0 Å². The van der Waals surface area contributed by atoms with Crippen molar-refractivity contribution < 1.29 is 23.5 Å². The Bertz CT molecular complexity index is 1170. The minimum absolute atomic E-state index is 0.0162. The number of rotatable bonds is 7. The number of ketones is 1. The smallest absolute Gasteiger partial charge is 0.290 e. The van der Waals surface area contributed by atoms with Gasteiger partial charge in [-0.1, -0.05) is 60.7 Å². The number of aliphatic hydroxyl groups excluding tert-OH is 1. The van der Waals surface area contributed by atoms with Crippen LogP contribution >= 0.6 is 0 Å². The average molecular weight is 433 g/mol. The monoisotopic (exact) mass is 433 g/mol. The van der Waals surface area contributed by atoms with Crippen LogP contribution in [0.25, 0.3) is 0 Å². The first-order valence-corrected chi connectivity index (χ1v) is 10.3. The summed E-state index contributed by atoms with van der Waals surface area (Å²) in [6, 6.07) is 19.7. The number of carbonyl (C=O) groups is 2. The summed E-state index contributed by atoms with van der Waals surface area (Å²) in [5, 5.41) is 10.6. The molecule has 4 nitrogen and oxygen atoms in total. The van der Waals surface area contributed by atoms with Crippen molar-refractivity contribution in [2.75, 3.05) is 0 Å². The summed E-state index contributed by atoms with van der Waals surface area (Å²) >= 11 is 0. The van der Waals surface area contributed by atoms with Gasteiger partial charge < -0.3 is 10.0 Å². The van der Waals surface area contributed by atoms with Crippen LogP contribution in [0.5, 0.6) is 0 Å². The van der Waals surface area contributed by atoms with E-state index in [4.69, 9.17) is 0 Å². The summed E-state index contributed by atoms with van der Waals surface area (Å²) in [6.07, 6.45) is 0.485. The molecule has 3 aromatic carbocycles. The molecule has 1 aliphatic heterocycles. The van der Waals surface area contributed by atoms with Crippen LogP contribution in [0.3, 0.4) is 0 Å². The van der Waals surface area contributed by atoms with Crippen molar-refractivity contribution >= 4 is 11.7 Å². The third-order valence-electron chi connectivity index (χ3n) is 5.55. The van der Waals surface area contributed by atoms with Crippen LogP contribution in [-0.2, 0) is 22.6 Å². The molecule has 1 aliphatic rings. The molecule has 0 aromatic heterocycles. The molecule has 0 saturated carbocycles. The lowest BCUT2D eigenvalue weighted by atomic mass is 9.92. The predicted octanol–water partition coefficient (Wildman–Crippen LogP) is 5.06. The molecule has 6 heteroatoms. The molecular weight excluding hydrogens is 412 g/mol. The quantitative estimate of drug-likeness (QED) is 0.567. The van der Waals surface area contributed by atoms with E-state index in [1.54, 1.807) is 6.07 Å². The van der Waals surface area contributed by atoms with Gasteiger partial charge in [-0.25, -0.2) is 8.78 Å². The molecular formula is C26H21F2NO3. The van der Waals surface area contributed by atoms with E-state index in [2.05, 4.69) is 0 Å². The van der Waals surface area contributed by atoms with E-state index < -0.39 is 35.1 Å².